The van der Waals surface area contributed by atoms with Gasteiger partial charge in [-0.25, -0.2) is 4.98 Å². The number of rotatable bonds is 4. The summed E-state index contributed by atoms with van der Waals surface area (Å²) < 4.78 is 5.58. The number of ketones is 1. The number of para-hydroxylation sites is 1. The molecule has 0 saturated carbocycles. The molecule has 0 aliphatic rings. The third-order valence-corrected chi connectivity index (χ3v) is 2.85. The molecule has 0 bridgehead atoms. The molecule has 3 aromatic rings. The van der Waals surface area contributed by atoms with Crippen molar-refractivity contribution < 1.29 is 9.53 Å². The molecule has 0 aliphatic heterocycles. The molecule has 1 heterocycles. The molecule has 4 heteroatoms. The summed E-state index contributed by atoms with van der Waals surface area (Å²) in [4.78, 5) is 20.5. The van der Waals surface area contributed by atoms with Gasteiger partial charge in [-0.1, -0.05) is 48.5 Å². The molecule has 0 aliphatic carbocycles. The Hall–Kier alpha value is -3.01. The third kappa shape index (κ3) is 3.12. The largest absolute Gasteiger partial charge is 0.437 e. The van der Waals surface area contributed by atoms with Crippen molar-refractivity contribution in [2.24, 2.45) is 0 Å². The molecule has 2 aromatic carbocycles. The van der Waals surface area contributed by atoms with Crippen LogP contribution in [-0.4, -0.2) is 15.8 Å². The van der Waals surface area contributed by atoms with Crippen LogP contribution in [0.15, 0.2) is 73.1 Å². The quantitative estimate of drug-likeness (QED) is 0.684. The highest BCUT2D eigenvalue weighted by atomic mass is 16.5. The van der Waals surface area contributed by atoms with Gasteiger partial charge in [-0.3, -0.25) is 9.78 Å². The second-order valence-electron chi connectivity index (χ2n) is 4.35. The van der Waals surface area contributed by atoms with Gasteiger partial charge in [0.25, 0.3) is 0 Å². The Morgan fingerprint density at radius 2 is 1.52 bits per heavy atom. The van der Waals surface area contributed by atoms with Crippen molar-refractivity contribution in [3.8, 4) is 11.6 Å². The highest BCUT2D eigenvalue weighted by Crippen LogP contribution is 2.18. The first-order valence-electron chi connectivity index (χ1n) is 6.47. The first kappa shape index (κ1) is 13.0. The summed E-state index contributed by atoms with van der Waals surface area (Å²) in [6.45, 7) is 0. The van der Waals surface area contributed by atoms with Gasteiger partial charge in [-0.2, -0.15) is 0 Å². The van der Waals surface area contributed by atoms with Crippen molar-refractivity contribution in [3.05, 3.63) is 84.3 Å². The molecule has 0 radical (unpaired) electrons. The van der Waals surface area contributed by atoms with E-state index < -0.39 is 0 Å². The second-order valence-corrected chi connectivity index (χ2v) is 4.35. The van der Waals surface area contributed by atoms with Crippen molar-refractivity contribution in [1.82, 2.24) is 9.97 Å². The minimum atomic E-state index is -0.179. The summed E-state index contributed by atoms with van der Waals surface area (Å²) in [6.07, 6.45) is 2.92. The van der Waals surface area contributed by atoms with Gasteiger partial charge in [-0.05, 0) is 12.1 Å². The molecule has 0 unspecified atom stereocenters. The molecule has 1 aromatic heterocycles. The van der Waals surface area contributed by atoms with Crippen LogP contribution in [0.3, 0.4) is 0 Å². The van der Waals surface area contributed by atoms with E-state index in [1.807, 2.05) is 48.5 Å². The minimum absolute atomic E-state index is 0.179. The number of hydrogen-bond acceptors (Lipinski definition) is 4. The van der Waals surface area contributed by atoms with Crippen LogP contribution in [0.5, 0.6) is 11.6 Å². The van der Waals surface area contributed by atoms with Crippen LogP contribution >= 0.6 is 0 Å². The van der Waals surface area contributed by atoms with Crippen LogP contribution in [0.1, 0.15) is 16.1 Å². The Bertz CT molecular complexity index is 743. The molecule has 0 atom stereocenters. The number of aromatic nitrogens is 2. The van der Waals surface area contributed by atoms with E-state index in [4.69, 9.17) is 4.74 Å². The summed E-state index contributed by atoms with van der Waals surface area (Å²) >= 11 is 0. The predicted octanol–water partition coefficient (Wildman–Crippen LogP) is 3.50. The normalized spacial score (nSPS) is 10.1. The lowest BCUT2D eigenvalue weighted by Crippen LogP contribution is -2.05. The fourth-order valence-electron chi connectivity index (χ4n) is 1.85. The molecule has 0 amide bonds. The number of hydrogen-bond donors (Lipinski definition) is 0. The van der Waals surface area contributed by atoms with E-state index in [9.17, 15) is 4.79 Å². The lowest BCUT2D eigenvalue weighted by atomic mass is 10.1. The van der Waals surface area contributed by atoms with Crippen molar-refractivity contribution in [2.45, 2.75) is 0 Å². The monoisotopic (exact) mass is 276 g/mol. The Labute approximate surface area is 122 Å². The lowest BCUT2D eigenvalue weighted by Gasteiger charge is -2.05. The zero-order valence-electron chi connectivity index (χ0n) is 11.1. The molecule has 0 fully saturated rings. The average Bonchev–Trinajstić information content (AvgIpc) is 2.56. The van der Waals surface area contributed by atoms with Gasteiger partial charge in [0.2, 0.25) is 11.7 Å². The van der Waals surface area contributed by atoms with Gasteiger partial charge < -0.3 is 4.74 Å². The standard InChI is InChI=1S/C17H12N2O2/c20-17(13-7-3-1-4-8-13)15-11-18-12-16(19-15)21-14-9-5-2-6-10-14/h1-12H. The van der Waals surface area contributed by atoms with Crippen LogP contribution in [0.4, 0.5) is 0 Å². The Kier molecular flexibility index (Phi) is 3.69. The molecule has 102 valence electrons. The fraction of sp³-hybridized carbons (Fsp3) is 0. The molecular formula is C17H12N2O2. The number of carbonyl (C=O) groups excluding carboxylic acids is 1. The summed E-state index contributed by atoms with van der Waals surface area (Å²) in [5, 5.41) is 0. The Morgan fingerprint density at radius 3 is 2.24 bits per heavy atom. The highest BCUT2D eigenvalue weighted by molar-refractivity contribution is 6.07. The number of nitrogens with zero attached hydrogens (tertiary/aromatic N) is 2. The highest BCUT2D eigenvalue weighted by Gasteiger charge is 2.12. The van der Waals surface area contributed by atoms with Crippen molar-refractivity contribution >= 4 is 5.78 Å². The van der Waals surface area contributed by atoms with E-state index in [2.05, 4.69) is 9.97 Å². The summed E-state index contributed by atoms with van der Waals surface area (Å²) in [5.74, 6) is 0.765. The van der Waals surface area contributed by atoms with Crippen LogP contribution in [0.25, 0.3) is 0 Å². The van der Waals surface area contributed by atoms with Gasteiger partial charge in [0, 0.05) is 5.56 Å². The summed E-state index contributed by atoms with van der Waals surface area (Å²) in [7, 11) is 0. The van der Waals surface area contributed by atoms with E-state index in [-0.39, 0.29) is 11.5 Å². The van der Waals surface area contributed by atoms with Crippen molar-refractivity contribution in [3.63, 3.8) is 0 Å². The molecular weight excluding hydrogens is 264 g/mol. The van der Waals surface area contributed by atoms with Gasteiger partial charge in [0.15, 0.2) is 0 Å². The van der Waals surface area contributed by atoms with Crippen LogP contribution < -0.4 is 4.74 Å². The van der Waals surface area contributed by atoms with E-state index in [0.29, 0.717) is 17.2 Å². The molecule has 4 nitrogen and oxygen atoms in total. The van der Waals surface area contributed by atoms with E-state index >= 15 is 0 Å². The first-order chi connectivity index (χ1) is 10.3. The fourth-order valence-corrected chi connectivity index (χ4v) is 1.85. The van der Waals surface area contributed by atoms with Gasteiger partial charge in [-0.15, -0.1) is 0 Å². The average molecular weight is 276 g/mol. The maximum absolute atomic E-state index is 12.3. The zero-order chi connectivity index (χ0) is 14.5. The van der Waals surface area contributed by atoms with Gasteiger partial charge in [0.05, 0.1) is 12.4 Å². The molecule has 21 heavy (non-hydrogen) atoms. The summed E-state index contributed by atoms with van der Waals surface area (Å²) in [5.41, 5.74) is 0.832. The number of ether oxygens (including phenoxy) is 1. The SMILES string of the molecule is O=C(c1ccccc1)c1cncc(Oc2ccccc2)n1. The van der Waals surface area contributed by atoms with E-state index in [1.54, 1.807) is 12.1 Å². The van der Waals surface area contributed by atoms with E-state index in [0.717, 1.165) is 0 Å². The van der Waals surface area contributed by atoms with Gasteiger partial charge in [0.1, 0.15) is 11.4 Å². The summed E-state index contributed by atoms with van der Waals surface area (Å²) in [6, 6.07) is 18.2. The van der Waals surface area contributed by atoms with Crippen LogP contribution in [-0.2, 0) is 0 Å². The zero-order valence-corrected chi connectivity index (χ0v) is 11.1. The van der Waals surface area contributed by atoms with Gasteiger partial charge >= 0.3 is 0 Å². The number of benzene rings is 2. The molecule has 0 N–H and O–H groups in total. The second kappa shape index (κ2) is 5.96. The van der Waals surface area contributed by atoms with E-state index in [1.165, 1.54) is 12.4 Å². The molecule has 0 saturated heterocycles. The van der Waals surface area contributed by atoms with Crippen molar-refractivity contribution in [2.75, 3.05) is 0 Å². The maximum Gasteiger partial charge on any atom is 0.238 e. The molecule has 0 spiro atoms. The third-order valence-electron chi connectivity index (χ3n) is 2.85. The van der Waals surface area contributed by atoms with Crippen molar-refractivity contribution in [1.29, 1.82) is 0 Å². The Balaban J connectivity index is 1.85. The Morgan fingerprint density at radius 1 is 0.857 bits per heavy atom. The predicted molar refractivity (Wildman–Crippen MR) is 78.4 cm³/mol. The maximum atomic E-state index is 12.3. The topological polar surface area (TPSA) is 52.1 Å². The van der Waals surface area contributed by atoms with Crippen LogP contribution in [0, 0.1) is 0 Å². The lowest BCUT2D eigenvalue weighted by molar-refractivity contribution is 0.103. The minimum Gasteiger partial charge on any atom is -0.437 e. The smallest absolute Gasteiger partial charge is 0.238 e. The molecule has 3 rings (SSSR count). The number of carbonyl (C=O) groups is 1. The van der Waals surface area contributed by atoms with Crippen LogP contribution in [0.2, 0.25) is 0 Å². The first-order valence-corrected chi connectivity index (χ1v) is 6.47.